The van der Waals surface area contributed by atoms with Crippen LogP contribution in [0.1, 0.15) is 30.3 Å². The number of hydrogen-bond donors (Lipinski definition) is 1. The van der Waals surface area contributed by atoms with E-state index >= 15 is 0 Å². The smallest absolute Gasteiger partial charge is 0.224 e. The first-order valence-electron chi connectivity index (χ1n) is 8.49. The van der Waals surface area contributed by atoms with Crippen molar-refractivity contribution in [1.29, 1.82) is 0 Å². The molecule has 0 aliphatic heterocycles. The van der Waals surface area contributed by atoms with Gasteiger partial charge in [0.2, 0.25) is 5.91 Å². The highest BCUT2D eigenvalue weighted by Crippen LogP contribution is 2.26. The summed E-state index contributed by atoms with van der Waals surface area (Å²) in [6.45, 7) is 5.28. The summed E-state index contributed by atoms with van der Waals surface area (Å²) in [5, 5.41) is 4.07. The fourth-order valence-corrected chi connectivity index (χ4v) is 3.59. The maximum Gasteiger partial charge on any atom is 0.224 e. The van der Waals surface area contributed by atoms with Crippen molar-refractivity contribution in [3.05, 3.63) is 59.1 Å². The molecule has 25 heavy (non-hydrogen) atoms. The van der Waals surface area contributed by atoms with E-state index in [0.29, 0.717) is 19.6 Å². The SMILES string of the molecule is CCOc1ccc(CC(=O)NCC(C)c2nc3ccccc3s2)cc1. The molecule has 1 heterocycles. The van der Waals surface area contributed by atoms with Crippen molar-refractivity contribution >= 4 is 27.5 Å². The first-order chi connectivity index (χ1) is 12.2. The van der Waals surface area contributed by atoms with Crippen molar-refractivity contribution < 1.29 is 9.53 Å². The quantitative estimate of drug-likeness (QED) is 0.693. The highest BCUT2D eigenvalue weighted by atomic mass is 32.1. The van der Waals surface area contributed by atoms with Crippen LogP contribution in [0.4, 0.5) is 0 Å². The van der Waals surface area contributed by atoms with Crippen molar-refractivity contribution in [3.63, 3.8) is 0 Å². The second kappa shape index (κ2) is 8.12. The van der Waals surface area contributed by atoms with Crippen LogP contribution in [0.5, 0.6) is 5.75 Å². The standard InChI is InChI=1S/C20H22N2O2S/c1-3-24-16-10-8-15(9-11-16)12-19(23)21-13-14(2)20-22-17-6-4-5-7-18(17)25-20/h4-11,14H,3,12-13H2,1-2H3,(H,21,23). The second-order valence-corrected chi connectivity index (χ2v) is 7.04. The minimum absolute atomic E-state index is 0.0251. The van der Waals surface area contributed by atoms with E-state index in [-0.39, 0.29) is 11.8 Å². The van der Waals surface area contributed by atoms with Crippen LogP contribution in [0, 0.1) is 0 Å². The summed E-state index contributed by atoms with van der Waals surface area (Å²) < 4.78 is 6.60. The molecule has 1 unspecified atom stereocenters. The van der Waals surface area contributed by atoms with Crippen molar-refractivity contribution in [2.45, 2.75) is 26.2 Å². The van der Waals surface area contributed by atoms with Gasteiger partial charge in [0.1, 0.15) is 5.75 Å². The summed E-state index contributed by atoms with van der Waals surface area (Å²) in [5.74, 6) is 1.05. The van der Waals surface area contributed by atoms with Gasteiger partial charge in [-0.3, -0.25) is 4.79 Å². The molecule has 130 valence electrons. The average molecular weight is 354 g/mol. The molecule has 0 bridgehead atoms. The summed E-state index contributed by atoms with van der Waals surface area (Å²) in [4.78, 5) is 16.8. The zero-order valence-electron chi connectivity index (χ0n) is 14.5. The molecule has 1 aromatic heterocycles. The Morgan fingerprint density at radius 2 is 1.96 bits per heavy atom. The van der Waals surface area contributed by atoms with E-state index in [4.69, 9.17) is 4.74 Å². The van der Waals surface area contributed by atoms with E-state index in [0.717, 1.165) is 21.8 Å². The highest BCUT2D eigenvalue weighted by molar-refractivity contribution is 7.18. The third kappa shape index (κ3) is 4.57. The zero-order valence-corrected chi connectivity index (χ0v) is 15.3. The molecule has 5 heteroatoms. The maximum absolute atomic E-state index is 12.2. The lowest BCUT2D eigenvalue weighted by atomic mass is 10.1. The Bertz CT molecular complexity index is 809. The van der Waals surface area contributed by atoms with Gasteiger partial charge in [0.15, 0.2) is 0 Å². The molecule has 1 N–H and O–H groups in total. The number of aromatic nitrogens is 1. The van der Waals surface area contributed by atoms with E-state index in [9.17, 15) is 4.79 Å². The number of benzene rings is 2. The average Bonchev–Trinajstić information content (AvgIpc) is 3.06. The van der Waals surface area contributed by atoms with E-state index < -0.39 is 0 Å². The van der Waals surface area contributed by atoms with Gasteiger partial charge in [0.25, 0.3) is 0 Å². The summed E-state index contributed by atoms with van der Waals surface area (Å²) in [6, 6.07) is 15.8. The molecule has 0 saturated carbocycles. The number of thiazole rings is 1. The molecule has 2 aromatic carbocycles. The number of nitrogens with one attached hydrogen (secondary N) is 1. The van der Waals surface area contributed by atoms with Gasteiger partial charge in [0.05, 0.1) is 28.3 Å². The summed E-state index contributed by atoms with van der Waals surface area (Å²) in [5.41, 5.74) is 2.00. The van der Waals surface area contributed by atoms with Crippen LogP contribution in [-0.4, -0.2) is 24.0 Å². The number of carbonyl (C=O) groups is 1. The number of amides is 1. The second-order valence-electron chi connectivity index (χ2n) is 5.98. The Labute approximate surface area is 151 Å². The number of carbonyl (C=O) groups excluding carboxylic acids is 1. The van der Waals surface area contributed by atoms with E-state index in [1.54, 1.807) is 11.3 Å². The lowest BCUT2D eigenvalue weighted by Gasteiger charge is -2.10. The highest BCUT2D eigenvalue weighted by Gasteiger charge is 2.13. The van der Waals surface area contributed by atoms with E-state index in [1.807, 2.05) is 49.4 Å². The molecule has 0 radical (unpaired) electrons. The number of ether oxygens (including phenoxy) is 1. The van der Waals surface area contributed by atoms with Gasteiger partial charge in [-0.1, -0.05) is 31.2 Å². The predicted molar refractivity (Wildman–Crippen MR) is 102 cm³/mol. The van der Waals surface area contributed by atoms with Crippen molar-refractivity contribution in [1.82, 2.24) is 10.3 Å². The van der Waals surface area contributed by atoms with Crippen LogP contribution in [0.3, 0.4) is 0 Å². The molecular formula is C20H22N2O2S. The lowest BCUT2D eigenvalue weighted by Crippen LogP contribution is -2.28. The molecule has 0 aliphatic rings. The van der Waals surface area contributed by atoms with Gasteiger partial charge < -0.3 is 10.1 Å². The topological polar surface area (TPSA) is 51.2 Å². The van der Waals surface area contributed by atoms with Crippen molar-refractivity contribution in [2.75, 3.05) is 13.2 Å². The third-order valence-corrected chi connectivity index (χ3v) is 5.20. The van der Waals surface area contributed by atoms with E-state index in [2.05, 4.69) is 23.3 Å². The van der Waals surface area contributed by atoms with E-state index in [1.165, 1.54) is 4.70 Å². The maximum atomic E-state index is 12.2. The Morgan fingerprint density at radius 3 is 2.68 bits per heavy atom. The molecule has 1 amide bonds. The number of rotatable bonds is 7. The van der Waals surface area contributed by atoms with Gasteiger partial charge in [-0.25, -0.2) is 4.98 Å². The lowest BCUT2D eigenvalue weighted by molar-refractivity contribution is -0.120. The summed E-state index contributed by atoms with van der Waals surface area (Å²) in [7, 11) is 0. The molecule has 3 rings (SSSR count). The molecule has 4 nitrogen and oxygen atoms in total. The largest absolute Gasteiger partial charge is 0.494 e. The first kappa shape index (κ1) is 17.4. The molecule has 0 aliphatic carbocycles. The Morgan fingerprint density at radius 1 is 1.20 bits per heavy atom. The zero-order chi connectivity index (χ0) is 17.6. The monoisotopic (exact) mass is 354 g/mol. The van der Waals surface area contributed by atoms with Crippen molar-refractivity contribution in [3.8, 4) is 5.75 Å². The molecule has 0 saturated heterocycles. The Hall–Kier alpha value is -2.40. The predicted octanol–water partition coefficient (Wildman–Crippen LogP) is 4.16. The van der Waals surface area contributed by atoms with Crippen LogP contribution in [-0.2, 0) is 11.2 Å². The van der Waals surface area contributed by atoms with Gasteiger partial charge in [0, 0.05) is 12.5 Å². The number of para-hydroxylation sites is 1. The number of fused-ring (bicyclic) bond motifs is 1. The fourth-order valence-electron chi connectivity index (χ4n) is 2.57. The van der Waals surface area contributed by atoms with Crippen molar-refractivity contribution in [2.24, 2.45) is 0 Å². The summed E-state index contributed by atoms with van der Waals surface area (Å²) in [6.07, 6.45) is 0.374. The Balaban J connectivity index is 1.52. The third-order valence-electron chi connectivity index (χ3n) is 3.94. The molecule has 1 atom stereocenters. The normalized spacial score (nSPS) is 12.1. The Kier molecular flexibility index (Phi) is 5.66. The minimum atomic E-state index is 0.0251. The molecule has 0 spiro atoms. The summed E-state index contributed by atoms with van der Waals surface area (Å²) >= 11 is 1.69. The number of nitrogens with zero attached hydrogens (tertiary/aromatic N) is 1. The van der Waals surface area contributed by atoms with Gasteiger partial charge in [-0.05, 0) is 36.8 Å². The fraction of sp³-hybridized carbons (Fsp3) is 0.300. The van der Waals surface area contributed by atoms with Crippen LogP contribution in [0.2, 0.25) is 0 Å². The van der Waals surface area contributed by atoms with Gasteiger partial charge in [-0.2, -0.15) is 0 Å². The first-order valence-corrected chi connectivity index (χ1v) is 9.31. The minimum Gasteiger partial charge on any atom is -0.494 e. The number of hydrogen-bond acceptors (Lipinski definition) is 4. The molecular weight excluding hydrogens is 332 g/mol. The van der Waals surface area contributed by atoms with Crippen LogP contribution in [0.25, 0.3) is 10.2 Å². The van der Waals surface area contributed by atoms with Crippen LogP contribution >= 0.6 is 11.3 Å². The van der Waals surface area contributed by atoms with Gasteiger partial charge >= 0.3 is 0 Å². The van der Waals surface area contributed by atoms with Crippen LogP contribution < -0.4 is 10.1 Å². The molecule has 3 aromatic rings. The molecule has 0 fully saturated rings. The van der Waals surface area contributed by atoms with Crippen LogP contribution in [0.15, 0.2) is 48.5 Å². The van der Waals surface area contributed by atoms with Gasteiger partial charge in [-0.15, -0.1) is 11.3 Å².